The number of carboxylic acids is 1. The Kier molecular flexibility index (Phi) is 5.07. The molecule has 1 heterocycles. The van der Waals surface area contributed by atoms with E-state index in [4.69, 9.17) is 4.74 Å². The van der Waals surface area contributed by atoms with Gasteiger partial charge < -0.3 is 14.7 Å². The molecule has 1 unspecified atom stereocenters. The number of amides is 1. The summed E-state index contributed by atoms with van der Waals surface area (Å²) in [6.45, 7) is 1.00. The first-order chi connectivity index (χ1) is 11.6. The number of likely N-dealkylation sites (tertiary alicyclic amines) is 1. The van der Waals surface area contributed by atoms with E-state index in [0.29, 0.717) is 6.54 Å². The lowest BCUT2D eigenvalue weighted by Crippen LogP contribution is -2.35. The van der Waals surface area contributed by atoms with Crippen molar-refractivity contribution in [2.75, 3.05) is 13.1 Å². The Morgan fingerprint density at radius 1 is 1.12 bits per heavy atom. The van der Waals surface area contributed by atoms with Crippen molar-refractivity contribution in [3.8, 4) is 0 Å². The fourth-order valence-corrected chi connectivity index (χ4v) is 4.20. The summed E-state index contributed by atoms with van der Waals surface area (Å²) in [6, 6.07) is 9.54. The predicted molar refractivity (Wildman–Crippen MR) is 89.5 cm³/mol. The van der Waals surface area contributed by atoms with Crippen LogP contribution in [-0.2, 0) is 16.1 Å². The third kappa shape index (κ3) is 3.55. The van der Waals surface area contributed by atoms with E-state index in [9.17, 15) is 14.7 Å². The first-order valence-electron chi connectivity index (χ1n) is 8.79. The Balaban J connectivity index is 1.66. The topological polar surface area (TPSA) is 66.8 Å². The smallest absolute Gasteiger partial charge is 0.410 e. The van der Waals surface area contributed by atoms with E-state index in [-0.39, 0.29) is 18.6 Å². The van der Waals surface area contributed by atoms with Gasteiger partial charge in [0, 0.05) is 18.5 Å². The maximum Gasteiger partial charge on any atom is 0.410 e. The van der Waals surface area contributed by atoms with Crippen molar-refractivity contribution in [1.82, 2.24) is 4.90 Å². The molecule has 1 aliphatic heterocycles. The number of carbonyl (C=O) groups is 2. The monoisotopic (exact) mass is 331 g/mol. The molecule has 1 saturated heterocycles. The van der Waals surface area contributed by atoms with Gasteiger partial charge in [-0.2, -0.15) is 0 Å². The molecular formula is C19H25NO4. The third-order valence-corrected chi connectivity index (χ3v) is 5.51. The van der Waals surface area contributed by atoms with Crippen LogP contribution in [0.2, 0.25) is 0 Å². The molecule has 1 spiro atoms. The molecule has 2 fully saturated rings. The highest BCUT2D eigenvalue weighted by Crippen LogP contribution is 2.46. The van der Waals surface area contributed by atoms with Crippen molar-refractivity contribution in [3.63, 3.8) is 0 Å². The molecule has 5 nitrogen and oxygen atoms in total. The Labute approximate surface area is 142 Å². The van der Waals surface area contributed by atoms with Crippen LogP contribution in [-0.4, -0.2) is 35.2 Å². The summed E-state index contributed by atoms with van der Waals surface area (Å²) in [5, 5.41) is 9.65. The second-order valence-electron chi connectivity index (χ2n) is 7.09. The number of hydrogen-bond acceptors (Lipinski definition) is 3. The molecule has 1 atom stereocenters. The normalized spacial score (nSPS) is 23.0. The molecule has 1 N–H and O–H groups in total. The van der Waals surface area contributed by atoms with Crippen molar-refractivity contribution in [1.29, 1.82) is 0 Å². The van der Waals surface area contributed by atoms with Gasteiger partial charge in [-0.3, -0.25) is 4.79 Å². The molecule has 24 heavy (non-hydrogen) atoms. The minimum Gasteiger partial charge on any atom is -0.481 e. The minimum absolute atomic E-state index is 0.223. The Bertz CT molecular complexity index is 578. The predicted octanol–water partition coefficient (Wildman–Crippen LogP) is 3.68. The average molecular weight is 331 g/mol. The number of carboxylic acid groups (broad SMARTS) is 1. The highest BCUT2D eigenvalue weighted by Gasteiger charge is 2.51. The van der Waals surface area contributed by atoms with Crippen molar-refractivity contribution in [2.45, 2.75) is 45.1 Å². The molecular weight excluding hydrogens is 306 g/mol. The zero-order valence-electron chi connectivity index (χ0n) is 13.9. The van der Waals surface area contributed by atoms with Crippen LogP contribution in [0.25, 0.3) is 0 Å². The highest BCUT2D eigenvalue weighted by molar-refractivity contribution is 5.75. The minimum atomic E-state index is -0.782. The van der Waals surface area contributed by atoms with E-state index in [1.165, 1.54) is 0 Å². The lowest BCUT2D eigenvalue weighted by molar-refractivity contribution is -0.145. The van der Waals surface area contributed by atoms with Crippen LogP contribution < -0.4 is 0 Å². The van der Waals surface area contributed by atoms with Gasteiger partial charge >= 0.3 is 12.1 Å². The van der Waals surface area contributed by atoms with E-state index in [2.05, 4.69) is 0 Å². The molecule has 2 aliphatic rings. The average Bonchev–Trinajstić information content (AvgIpc) is 2.80. The number of hydrogen-bond donors (Lipinski definition) is 1. The van der Waals surface area contributed by atoms with Gasteiger partial charge in [0.25, 0.3) is 0 Å². The summed E-state index contributed by atoms with van der Waals surface area (Å²) < 4.78 is 5.40. The number of rotatable bonds is 3. The van der Waals surface area contributed by atoms with Crippen molar-refractivity contribution < 1.29 is 19.4 Å². The third-order valence-electron chi connectivity index (χ3n) is 5.51. The first-order valence-corrected chi connectivity index (χ1v) is 8.79. The summed E-state index contributed by atoms with van der Waals surface area (Å²) in [5.41, 5.74) is 0.665. The molecule has 0 radical (unpaired) electrons. The van der Waals surface area contributed by atoms with Gasteiger partial charge in [-0.25, -0.2) is 4.79 Å². The van der Waals surface area contributed by atoms with Gasteiger partial charge in [-0.15, -0.1) is 0 Å². The standard InChI is InChI=1S/C19H25NO4/c21-17(22)16-12-20(14-19(16)10-6-1-2-7-11-19)18(23)24-13-15-8-4-3-5-9-15/h3-5,8-9,16H,1-2,6-7,10-14H2,(H,21,22). The van der Waals surface area contributed by atoms with Crippen LogP contribution in [0.5, 0.6) is 0 Å². The molecule has 1 amide bonds. The second kappa shape index (κ2) is 7.24. The van der Waals surface area contributed by atoms with Crippen molar-refractivity contribution in [3.05, 3.63) is 35.9 Å². The molecule has 0 aromatic heterocycles. The number of carbonyl (C=O) groups excluding carboxylic acids is 1. The number of benzene rings is 1. The molecule has 1 aromatic carbocycles. The summed E-state index contributed by atoms with van der Waals surface area (Å²) in [4.78, 5) is 25.8. The number of aliphatic carboxylic acids is 1. The molecule has 5 heteroatoms. The van der Waals surface area contributed by atoms with Gasteiger partial charge in [0.1, 0.15) is 6.61 Å². The molecule has 3 rings (SSSR count). The largest absolute Gasteiger partial charge is 0.481 e. The Morgan fingerprint density at radius 3 is 2.42 bits per heavy atom. The van der Waals surface area contributed by atoms with Crippen LogP contribution in [0.1, 0.15) is 44.1 Å². The maximum atomic E-state index is 12.4. The van der Waals surface area contributed by atoms with Gasteiger partial charge in [0.15, 0.2) is 0 Å². The number of ether oxygens (including phenoxy) is 1. The molecule has 1 aromatic rings. The van der Waals surface area contributed by atoms with Gasteiger partial charge in [0.2, 0.25) is 0 Å². The van der Waals surface area contributed by atoms with E-state index >= 15 is 0 Å². The Hall–Kier alpha value is -2.04. The number of nitrogens with zero attached hydrogens (tertiary/aromatic N) is 1. The zero-order valence-corrected chi connectivity index (χ0v) is 13.9. The SMILES string of the molecule is O=C(O)C1CN(C(=O)OCc2ccccc2)CC12CCCCCC2. The molecule has 1 saturated carbocycles. The lowest BCUT2D eigenvalue weighted by atomic mass is 9.72. The van der Waals surface area contributed by atoms with Crippen LogP contribution in [0, 0.1) is 11.3 Å². The molecule has 1 aliphatic carbocycles. The summed E-state index contributed by atoms with van der Waals surface area (Å²) in [6.07, 6.45) is 5.82. The zero-order chi connectivity index (χ0) is 17.0. The first kappa shape index (κ1) is 16.8. The van der Waals surface area contributed by atoms with Gasteiger partial charge in [-0.05, 0) is 18.4 Å². The van der Waals surface area contributed by atoms with Crippen LogP contribution in [0.15, 0.2) is 30.3 Å². The van der Waals surface area contributed by atoms with Gasteiger partial charge in [0.05, 0.1) is 5.92 Å². The highest BCUT2D eigenvalue weighted by atomic mass is 16.6. The van der Waals surface area contributed by atoms with Crippen LogP contribution in [0.3, 0.4) is 0 Å². The van der Waals surface area contributed by atoms with E-state index in [1.54, 1.807) is 4.90 Å². The van der Waals surface area contributed by atoms with Gasteiger partial charge in [-0.1, -0.05) is 56.0 Å². The van der Waals surface area contributed by atoms with E-state index in [1.807, 2.05) is 30.3 Å². The Morgan fingerprint density at radius 2 is 1.79 bits per heavy atom. The summed E-state index contributed by atoms with van der Waals surface area (Å²) >= 11 is 0. The van der Waals surface area contributed by atoms with E-state index < -0.39 is 18.0 Å². The quantitative estimate of drug-likeness (QED) is 0.917. The fourth-order valence-electron chi connectivity index (χ4n) is 4.20. The van der Waals surface area contributed by atoms with Crippen molar-refractivity contribution >= 4 is 12.1 Å². The molecule has 130 valence electrons. The summed E-state index contributed by atoms with van der Waals surface area (Å²) in [7, 11) is 0. The van der Waals surface area contributed by atoms with Crippen LogP contribution in [0.4, 0.5) is 4.79 Å². The maximum absolute atomic E-state index is 12.4. The van der Waals surface area contributed by atoms with Crippen molar-refractivity contribution in [2.24, 2.45) is 11.3 Å². The lowest BCUT2D eigenvalue weighted by Gasteiger charge is -2.31. The second-order valence-corrected chi connectivity index (χ2v) is 7.09. The fraction of sp³-hybridized carbons (Fsp3) is 0.579. The summed E-state index contributed by atoms with van der Waals surface area (Å²) in [5.74, 6) is -1.25. The van der Waals surface area contributed by atoms with E-state index in [0.717, 1.165) is 44.1 Å². The molecule has 0 bridgehead atoms. The van der Waals surface area contributed by atoms with Crippen LogP contribution >= 0.6 is 0 Å².